The number of hydrogen-bond donors (Lipinski definition) is 1. The summed E-state index contributed by atoms with van der Waals surface area (Å²) in [6.07, 6.45) is 0. The first kappa shape index (κ1) is 10.0. The topological polar surface area (TPSA) is 26.0 Å². The van der Waals surface area contributed by atoms with Gasteiger partial charge < -0.3 is 5.73 Å². The van der Waals surface area contributed by atoms with E-state index >= 15 is 0 Å². The minimum Gasteiger partial charge on any atom is -0.330 e. The van der Waals surface area contributed by atoms with Crippen molar-refractivity contribution in [3.63, 3.8) is 0 Å². The SMILES string of the molecule is CC(C)=C(C)CSCCN. The van der Waals surface area contributed by atoms with E-state index in [9.17, 15) is 0 Å². The molecule has 0 radical (unpaired) electrons. The van der Waals surface area contributed by atoms with E-state index in [-0.39, 0.29) is 0 Å². The molecule has 0 aliphatic carbocycles. The van der Waals surface area contributed by atoms with Gasteiger partial charge in [0.2, 0.25) is 0 Å². The fraction of sp³-hybridized carbons (Fsp3) is 0.750. The molecule has 0 saturated heterocycles. The van der Waals surface area contributed by atoms with E-state index in [2.05, 4.69) is 20.8 Å². The van der Waals surface area contributed by atoms with Crippen molar-refractivity contribution in [1.82, 2.24) is 0 Å². The number of allylic oxidation sites excluding steroid dienone is 1. The van der Waals surface area contributed by atoms with Gasteiger partial charge in [0.15, 0.2) is 0 Å². The highest BCUT2D eigenvalue weighted by atomic mass is 32.2. The van der Waals surface area contributed by atoms with Crippen LogP contribution in [0.1, 0.15) is 20.8 Å². The highest BCUT2D eigenvalue weighted by Gasteiger charge is 1.91. The minimum atomic E-state index is 0.792. The van der Waals surface area contributed by atoms with E-state index in [1.54, 1.807) is 0 Å². The lowest BCUT2D eigenvalue weighted by atomic mass is 10.2. The molecule has 0 fully saturated rings. The van der Waals surface area contributed by atoms with Crippen LogP contribution in [0, 0.1) is 0 Å². The second-order valence-electron chi connectivity index (χ2n) is 2.62. The van der Waals surface area contributed by atoms with Gasteiger partial charge in [0.1, 0.15) is 0 Å². The third-order valence-corrected chi connectivity index (χ3v) is 2.60. The molecule has 0 spiro atoms. The van der Waals surface area contributed by atoms with Crippen molar-refractivity contribution >= 4 is 11.8 Å². The van der Waals surface area contributed by atoms with Crippen LogP contribution in [-0.4, -0.2) is 18.1 Å². The number of hydrogen-bond acceptors (Lipinski definition) is 2. The monoisotopic (exact) mass is 159 g/mol. The summed E-state index contributed by atoms with van der Waals surface area (Å²) in [6.45, 7) is 7.27. The molecule has 0 heterocycles. The van der Waals surface area contributed by atoms with Crippen LogP contribution >= 0.6 is 11.8 Å². The molecule has 1 nitrogen and oxygen atoms in total. The summed E-state index contributed by atoms with van der Waals surface area (Å²) < 4.78 is 0. The smallest absolute Gasteiger partial charge is 0.0143 e. The molecule has 0 aliphatic heterocycles. The number of rotatable bonds is 4. The average Bonchev–Trinajstić information content (AvgIpc) is 1.88. The van der Waals surface area contributed by atoms with E-state index in [0.29, 0.717) is 0 Å². The minimum absolute atomic E-state index is 0.792. The maximum absolute atomic E-state index is 5.35. The molecule has 0 bridgehead atoms. The Bertz CT molecular complexity index is 114. The molecule has 10 heavy (non-hydrogen) atoms. The Morgan fingerprint density at radius 1 is 1.30 bits per heavy atom. The highest BCUT2D eigenvalue weighted by molar-refractivity contribution is 7.99. The third-order valence-electron chi connectivity index (χ3n) is 1.43. The fourth-order valence-electron chi connectivity index (χ4n) is 0.453. The van der Waals surface area contributed by atoms with Gasteiger partial charge in [-0.1, -0.05) is 11.1 Å². The van der Waals surface area contributed by atoms with Gasteiger partial charge in [-0.25, -0.2) is 0 Å². The summed E-state index contributed by atoms with van der Waals surface area (Å²) >= 11 is 1.91. The Morgan fingerprint density at radius 2 is 1.90 bits per heavy atom. The van der Waals surface area contributed by atoms with Gasteiger partial charge in [-0.3, -0.25) is 0 Å². The molecule has 2 heteroatoms. The molecule has 0 atom stereocenters. The molecule has 0 amide bonds. The maximum Gasteiger partial charge on any atom is 0.0143 e. The van der Waals surface area contributed by atoms with Crippen molar-refractivity contribution in [2.75, 3.05) is 18.1 Å². The van der Waals surface area contributed by atoms with Gasteiger partial charge in [0.05, 0.1) is 0 Å². The first-order valence-electron chi connectivity index (χ1n) is 3.59. The number of nitrogens with two attached hydrogens (primary N) is 1. The van der Waals surface area contributed by atoms with Crippen molar-refractivity contribution in [2.24, 2.45) is 5.73 Å². The standard InChI is InChI=1S/C8H17NS/c1-7(2)8(3)6-10-5-4-9/h4-6,9H2,1-3H3. The van der Waals surface area contributed by atoms with Crippen molar-refractivity contribution in [1.29, 1.82) is 0 Å². The fourth-order valence-corrected chi connectivity index (χ4v) is 1.36. The number of thioether (sulfide) groups is 1. The largest absolute Gasteiger partial charge is 0.330 e. The molecule has 60 valence electrons. The lowest BCUT2D eigenvalue weighted by Gasteiger charge is -2.01. The Morgan fingerprint density at radius 3 is 2.30 bits per heavy atom. The summed E-state index contributed by atoms with van der Waals surface area (Å²) in [5.41, 5.74) is 8.27. The maximum atomic E-state index is 5.35. The average molecular weight is 159 g/mol. The quantitative estimate of drug-likeness (QED) is 0.502. The van der Waals surface area contributed by atoms with Crippen molar-refractivity contribution in [3.05, 3.63) is 11.1 Å². The second kappa shape index (κ2) is 5.81. The van der Waals surface area contributed by atoms with Gasteiger partial charge in [-0.2, -0.15) is 11.8 Å². The van der Waals surface area contributed by atoms with Gasteiger partial charge in [-0.05, 0) is 20.8 Å². The van der Waals surface area contributed by atoms with Gasteiger partial charge in [0, 0.05) is 18.1 Å². The predicted molar refractivity (Wildman–Crippen MR) is 50.4 cm³/mol. The zero-order valence-corrected chi connectivity index (χ0v) is 7.92. The molecule has 0 unspecified atom stereocenters. The summed E-state index contributed by atoms with van der Waals surface area (Å²) in [7, 11) is 0. The van der Waals surface area contributed by atoms with Crippen LogP contribution < -0.4 is 5.73 Å². The van der Waals surface area contributed by atoms with Crippen LogP contribution in [0.5, 0.6) is 0 Å². The molecule has 0 aromatic carbocycles. The Labute approximate surface area is 68.1 Å². The van der Waals surface area contributed by atoms with E-state index in [1.165, 1.54) is 11.1 Å². The van der Waals surface area contributed by atoms with Gasteiger partial charge in [-0.15, -0.1) is 0 Å². The Kier molecular flexibility index (Phi) is 5.84. The van der Waals surface area contributed by atoms with Crippen molar-refractivity contribution in [3.8, 4) is 0 Å². The molecule has 0 rings (SSSR count). The van der Waals surface area contributed by atoms with Crippen LogP contribution in [0.4, 0.5) is 0 Å². The summed E-state index contributed by atoms with van der Waals surface area (Å²) in [5.74, 6) is 2.21. The normalized spacial score (nSPS) is 9.60. The Balaban J connectivity index is 3.40. The molecule has 0 saturated carbocycles. The second-order valence-corrected chi connectivity index (χ2v) is 3.73. The summed E-state index contributed by atoms with van der Waals surface area (Å²) in [6, 6.07) is 0. The predicted octanol–water partition coefficient (Wildman–Crippen LogP) is 2.03. The van der Waals surface area contributed by atoms with Crippen molar-refractivity contribution < 1.29 is 0 Å². The van der Waals surface area contributed by atoms with E-state index in [4.69, 9.17) is 5.73 Å². The van der Waals surface area contributed by atoms with Crippen LogP contribution in [0.2, 0.25) is 0 Å². The van der Waals surface area contributed by atoms with Crippen LogP contribution in [0.3, 0.4) is 0 Å². The molecule has 0 aromatic rings. The third kappa shape index (κ3) is 4.89. The van der Waals surface area contributed by atoms with E-state index < -0.39 is 0 Å². The zero-order valence-electron chi connectivity index (χ0n) is 7.11. The molecular formula is C8H17NS. The van der Waals surface area contributed by atoms with Gasteiger partial charge >= 0.3 is 0 Å². The van der Waals surface area contributed by atoms with Crippen LogP contribution in [0.25, 0.3) is 0 Å². The first-order chi connectivity index (χ1) is 4.68. The lowest BCUT2D eigenvalue weighted by Crippen LogP contribution is -2.02. The van der Waals surface area contributed by atoms with Crippen LogP contribution in [0.15, 0.2) is 11.1 Å². The first-order valence-corrected chi connectivity index (χ1v) is 4.74. The van der Waals surface area contributed by atoms with Crippen LogP contribution in [-0.2, 0) is 0 Å². The molecule has 0 aliphatic rings. The lowest BCUT2D eigenvalue weighted by molar-refractivity contribution is 1.15. The van der Waals surface area contributed by atoms with Gasteiger partial charge in [0.25, 0.3) is 0 Å². The van der Waals surface area contributed by atoms with E-state index in [1.807, 2.05) is 11.8 Å². The Hall–Kier alpha value is 0.0500. The molecule has 2 N–H and O–H groups in total. The van der Waals surface area contributed by atoms with E-state index in [0.717, 1.165) is 18.1 Å². The summed E-state index contributed by atoms with van der Waals surface area (Å²) in [5, 5.41) is 0. The zero-order chi connectivity index (χ0) is 7.98. The molecule has 0 aromatic heterocycles. The molecular weight excluding hydrogens is 142 g/mol. The van der Waals surface area contributed by atoms with Crippen molar-refractivity contribution in [2.45, 2.75) is 20.8 Å². The summed E-state index contributed by atoms with van der Waals surface area (Å²) in [4.78, 5) is 0. The highest BCUT2D eigenvalue weighted by Crippen LogP contribution is 2.09.